The quantitative estimate of drug-likeness (QED) is 0.0522. The summed E-state index contributed by atoms with van der Waals surface area (Å²) in [6.07, 6.45) is 7.76. The molecule has 16 nitrogen and oxygen atoms in total. The molecular weight excluding hydrogens is 839 g/mol. The number of cyclic esters (lactones) is 1. The summed E-state index contributed by atoms with van der Waals surface area (Å²) in [5, 5.41) is 0. The Hall–Kier alpha value is -5.71. The van der Waals surface area contributed by atoms with Crippen LogP contribution in [0.2, 0.25) is 0 Å². The van der Waals surface area contributed by atoms with Crippen LogP contribution in [-0.2, 0) is 39.7 Å². The summed E-state index contributed by atoms with van der Waals surface area (Å²) >= 11 is 0. The van der Waals surface area contributed by atoms with Crippen LogP contribution in [0.25, 0.3) is 6.08 Å². The first kappa shape index (κ1) is 50.3. The van der Waals surface area contributed by atoms with E-state index in [1.165, 1.54) is 29.0 Å². The lowest BCUT2D eigenvalue weighted by Gasteiger charge is -2.27. The molecule has 2 aliphatic heterocycles. The Bertz CT molecular complexity index is 2150. The van der Waals surface area contributed by atoms with Crippen LogP contribution in [-0.4, -0.2) is 107 Å². The Balaban J connectivity index is 1.36. The molecule has 1 aromatic heterocycles. The number of benzene rings is 2. The topological polar surface area (TPSA) is 172 Å². The molecule has 3 heterocycles. The third kappa shape index (κ3) is 14.9. The molecule has 3 aromatic rings. The van der Waals surface area contributed by atoms with E-state index in [1.54, 1.807) is 97.0 Å². The highest BCUT2D eigenvalue weighted by molar-refractivity contribution is 5.97. The number of methoxy groups -OCH3 is 1. The number of aromatic nitrogens is 2. The number of hydrogen-bond acceptors (Lipinski definition) is 14. The maximum Gasteiger partial charge on any atom is 0.420 e. The fraction of sp³-hybridized carbons (Fsp3) is 0.531. The summed E-state index contributed by atoms with van der Waals surface area (Å²) in [7, 11) is 1.48. The molecule has 16 heteroatoms. The standard InChI is InChI=1S/C49H65N3O13/c1-32-22-23-37(61-43(53)34-18-13-12-14-19-34)42-38(62-49(9,10)63-42)21-17-20-35-28-36(29-39(59-31-57-11)41(35)44(54)60-33(32)2)58-27-16-15-25-51(45(55)64-47(3,4)5)30-40-50-24-26-52(40)46(56)65-48(6,7)8/h12-14,17-20,22-24,26,28-29,32-33,37-38,42H,15-16,21,25,27,30-31H2,1-11H3/b20-17+,23-22-/t32-,33+,37?,38+,42-/m1/s1. The largest absolute Gasteiger partial charge is 0.493 e. The highest BCUT2D eigenvalue weighted by atomic mass is 16.8. The lowest BCUT2D eigenvalue weighted by molar-refractivity contribution is -0.152. The summed E-state index contributed by atoms with van der Waals surface area (Å²) in [5.74, 6) is -1.49. The van der Waals surface area contributed by atoms with E-state index < -0.39 is 65.5 Å². The van der Waals surface area contributed by atoms with Crippen molar-refractivity contribution >= 4 is 30.2 Å². The Morgan fingerprint density at radius 1 is 0.938 bits per heavy atom. The first-order valence-corrected chi connectivity index (χ1v) is 22.0. The number of nitrogens with zero attached hydrogens (tertiary/aromatic N) is 3. The van der Waals surface area contributed by atoms with Crippen molar-refractivity contribution in [1.82, 2.24) is 14.5 Å². The molecule has 0 radical (unpaired) electrons. The molecule has 65 heavy (non-hydrogen) atoms. The number of imidazole rings is 1. The van der Waals surface area contributed by atoms with Crippen LogP contribution in [0.3, 0.4) is 0 Å². The Morgan fingerprint density at radius 2 is 1.66 bits per heavy atom. The number of rotatable bonds is 13. The third-order valence-corrected chi connectivity index (χ3v) is 10.1. The molecule has 1 unspecified atom stereocenters. The second-order valence-electron chi connectivity index (χ2n) is 18.5. The summed E-state index contributed by atoms with van der Waals surface area (Å²) < 4.78 is 54.8. The van der Waals surface area contributed by atoms with E-state index in [1.807, 2.05) is 39.0 Å². The van der Waals surface area contributed by atoms with Crippen LogP contribution in [0.1, 0.15) is 121 Å². The van der Waals surface area contributed by atoms with Crippen molar-refractivity contribution in [3.8, 4) is 11.5 Å². The normalized spacial score (nSPS) is 22.0. The minimum absolute atomic E-state index is 0.00108. The number of hydrogen-bond donors (Lipinski definition) is 0. The maximum atomic E-state index is 14.1. The van der Waals surface area contributed by atoms with Crippen molar-refractivity contribution in [2.75, 3.05) is 27.1 Å². The van der Waals surface area contributed by atoms with Gasteiger partial charge in [-0.2, -0.15) is 0 Å². The van der Waals surface area contributed by atoms with Gasteiger partial charge in [-0.15, -0.1) is 0 Å². The van der Waals surface area contributed by atoms with Gasteiger partial charge in [0.1, 0.15) is 52.4 Å². The van der Waals surface area contributed by atoms with Crippen molar-refractivity contribution < 1.29 is 61.8 Å². The fourth-order valence-electron chi connectivity index (χ4n) is 6.95. The number of fused-ring (bicyclic) bond motifs is 2. The van der Waals surface area contributed by atoms with Crippen LogP contribution in [0, 0.1) is 5.92 Å². The highest BCUT2D eigenvalue weighted by Crippen LogP contribution is 2.36. The molecule has 5 atom stereocenters. The van der Waals surface area contributed by atoms with Crippen LogP contribution in [0.4, 0.5) is 9.59 Å². The molecule has 0 spiro atoms. The van der Waals surface area contributed by atoms with Crippen LogP contribution in [0.15, 0.2) is 73.1 Å². The lowest BCUT2D eigenvalue weighted by Crippen LogP contribution is -2.38. The number of carbonyl (C=O) groups is 4. The van der Waals surface area contributed by atoms with Crippen molar-refractivity contribution in [2.45, 2.75) is 136 Å². The Kier molecular flexibility index (Phi) is 17.0. The van der Waals surface area contributed by atoms with Crippen molar-refractivity contribution in [3.05, 3.63) is 95.6 Å². The zero-order valence-corrected chi connectivity index (χ0v) is 39.5. The first-order valence-electron chi connectivity index (χ1n) is 22.0. The molecule has 2 aliphatic rings. The third-order valence-electron chi connectivity index (χ3n) is 10.1. The second kappa shape index (κ2) is 22.0. The van der Waals surface area contributed by atoms with Gasteiger partial charge in [0.15, 0.2) is 12.6 Å². The Morgan fingerprint density at radius 3 is 2.35 bits per heavy atom. The second-order valence-corrected chi connectivity index (χ2v) is 18.5. The van der Waals surface area contributed by atoms with E-state index in [2.05, 4.69) is 4.98 Å². The lowest BCUT2D eigenvalue weighted by atomic mass is 9.98. The van der Waals surface area contributed by atoms with Crippen LogP contribution < -0.4 is 9.47 Å². The summed E-state index contributed by atoms with van der Waals surface area (Å²) in [4.78, 5) is 59.5. The van der Waals surface area contributed by atoms with Gasteiger partial charge >= 0.3 is 24.1 Å². The predicted octanol–water partition coefficient (Wildman–Crippen LogP) is 9.15. The van der Waals surface area contributed by atoms with Gasteiger partial charge in [0.25, 0.3) is 0 Å². The van der Waals surface area contributed by atoms with Gasteiger partial charge in [-0.05, 0) is 111 Å². The van der Waals surface area contributed by atoms with Gasteiger partial charge in [0.05, 0.1) is 24.8 Å². The predicted molar refractivity (Wildman–Crippen MR) is 240 cm³/mol. The molecular formula is C49H65N3O13. The van der Waals surface area contributed by atoms with E-state index >= 15 is 0 Å². The number of esters is 2. The van der Waals surface area contributed by atoms with E-state index in [0.29, 0.717) is 42.0 Å². The van der Waals surface area contributed by atoms with Gasteiger partial charge in [-0.3, -0.25) is 0 Å². The average molecular weight is 904 g/mol. The van der Waals surface area contributed by atoms with Gasteiger partial charge < -0.3 is 47.5 Å². The molecule has 354 valence electrons. The van der Waals surface area contributed by atoms with Gasteiger partial charge in [-0.1, -0.05) is 43.4 Å². The summed E-state index contributed by atoms with van der Waals surface area (Å²) in [5.41, 5.74) is -0.446. The van der Waals surface area contributed by atoms with Gasteiger partial charge in [0.2, 0.25) is 0 Å². The highest BCUT2D eigenvalue weighted by Gasteiger charge is 2.45. The monoisotopic (exact) mass is 903 g/mol. The average Bonchev–Trinajstić information content (AvgIpc) is 3.82. The maximum absolute atomic E-state index is 14.1. The SMILES string of the molecule is COCOc1cc(OCCCCN(Cc2nccn2C(=O)OC(C)(C)C)C(=O)OC(C)(C)C)cc2c1C(=O)O[C@@H](C)[C@H](C)/C=C\C(OC(=O)c1ccccc1)[C@H]1OC(C)(C)O[C@H]1C/C=C/2. The van der Waals surface area contributed by atoms with Gasteiger partial charge in [-0.25, -0.2) is 28.7 Å². The summed E-state index contributed by atoms with van der Waals surface area (Å²) in [6.45, 7) is 18.3. The molecule has 0 saturated carbocycles. The molecule has 0 bridgehead atoms. The van der Waals surface area contributed by atoms with Crippen LogP contribution >= 0.6 is 0 Å². The molecule has 1 fully saturated rings. The van der Waals surface area contributed by atoms with E-state index in [9.17, 15) is 19.2 Å². The summed E-state index contributed by atoms with van der Waals surface area (Å²) in [6, 6.07) is 12.1. The van der Waals surface area contributed by atoms with Gasteiger partial charge in [0, 0.05) is 38.0 Å². The van der Waals surface area contributed by atoms with Crippen LogP contribution in [0.5, 0.6) is 11.5 Å². The van der Waals surface area contributed by atoms with E-state index in [4.69, 9.17) is 42.6 Å². The minimum atomic E-state index is -0.979. The van der Waals surface area contributed by atoms with Crippen molar-refractivity contribution in [3.63, 3.8) is 0 Å². The number of amides is 1. The molecule has 5 rings (SSSR count). The van der Waals surface area contributed by atoms with E-state index in [0.717, 1.165) is 0 Å². The first-order chi connectivity index (χ1) is 30.6. The molecule has 1 amide bonds. The molecule has 0 aliphatic carbocycles. The molecule has 2 aromatic carbocycles. The zero-order valence-electron chi connectivity index (χ0n) is 39.5. The zero-order chi connectivity index (χ0) is 47.5. The smallest absolute Gasteiger partial charge is 0.420 e. The van der Waals surface area contributed by atoms with E-state index in [-0.39, 0.29) is 43.7 Å². The number of unbranched alkanes of at least 4 members (excludes halogenated alkanes) is 1. The minimum Gasteiger partial charge on any atom is -0.493 e. The molecule has 1 saturated heterocycles. The van der Waals surface area contributed by atoms with Crippen molar-refractivity contribution in [2.24, 2.45) is 5.92 Å². The Labute approximate surface area is 382 Å². The number of carbonyl (C=O) groups excluding carboxylic acids is 4. The molecule has 0 N–H and O–H groups in total. The fourth-order valence-corrected chi connectivity index (χ4v) is 6.95. The van der Waals surface area contributed by atoms with Crippen molar-refractivity contribution in [1.29, 1.82) is 0 Å². The number of ether oxygens (including phenoxy) is 9.